The lowest BCUT2D eigenvalue weighted by Crippen LogP contribution is -2.36. The van der Waals surface area contributed by atoms with Gasteiger partial charge >= 0.3 is 0 Å². The quantitative estimate of drug-likeness (QED) is 0.806. The van der Waals surface area contributed by atoms with Gasteiger partial charge in [0.2, 0.25) is 5.91 Å². The number of nitrogens with two attached hydrogens (primary N) is 1. The average molecular weight is 276 g/mol. The van der Waals surface area contributed by atoms with Crippen molar-refractivity contribution in [3.8, 4) is 0 Å². The Morgan fingerprint density at radius 2 is 2.35 bits per heavy atom. The number of carbonyl (C=O) groups is 1. The molecule has 0 bridgehead atoms. The maximum atomic E-state index is 11.9. The summed E-state index contributed by atoms with van der Waals surface area (Å²) in [6.45, 7) is 4.74. The second kappa shape index (κ2) is 6.23. The third-order valence-electron chi connectivity index (χ3n) is 2.98. The lowest BCUT2D eigenvalue weighted by Gasteiger charge is -2.14. The fraction of sp³-hybridized carbons (Fsp3) is 0.462. The number of aromatic nitrogens is 4. The van der Waals surface area contributed by atoms with Crippen molar-refractivity contribution in [2.75, 3.05) is 5.73 Å². The summed E-state index contributed by atoms with van der Waals surface area (Å²) in [5.41, 5.74) is 6.56. The van der Waals surface area contributed by atoms with Crippen molar-refractivity contribution in [1.82, 2.24) is 24.9 Å². The first-order valence-electron chi connectivity index (χ1n) is 6.61. The highest BCUT2D eigenvalue weighted by molar-refractivity contribution is 5.76. The smallest absolute Gasteiger partial charge is 0.242 e. The molecule has 0 saturated heterocycles. The standard InChI is InChI=1S/C13H20N6O/c1-10(4-7-18-6-3-5-15-18)16-13(20)9-19-12(14)8-11(2)17-19/h3,5-6,8,10H,4,7,9,14H2,1-2H3,(H,16,20)/t10-/m0/s1. The van der Waals surface area contributed by atoms with Crippen LogP contribution < -0.4 is 11.1 Å². The first-order chi connectivity index (χ1) is 9.54. The van der Waals surface area contributed by atoms with Crippen molar-refractivity contribution in [2.24, 2.45) is 0 Å². The monoisotopic (exact) mass is 276 g/mol. The van der Waals surface area contributed by atoms with Crippen LogP contribution in [0.2, 0.25) is 0 Å². The molecule has 108 valence electrons. The van der Waals surface area contributed by atoms with Gasteiger partial charge in [0.15, 0.2) is 0 Å². The molecule has 7 heteroatoms. The minimum Gasteiger partial charge on any atom is -0.384 e. The van der Waals surface area contributed by atoms with E-state index in [0.29, 0.717) is 5.82 Å². The molecule has 3 N–H and O–H groups in total. The van der Waals surface area contributed by atoms with Crippen LogP contribution in [0.5, 0.6) is 0 Å². The SMILES string of the molecule is Cc1cc(N)n(CC(=O)N[C@@H](C)CCn2cccn2)n1. The molecule has 0 aliphatic carbocycles. The number of amides is 1. The molecular formula is C13H20N6O. The lowest BCUT2D eigenvalue weighted by molar-refractivity contribution is -0.122. The normalized spacial score (nSPS) is 12.3. The zero-order valence-corrected chi connectivity index (χ0v) is 11.8. The minimum atomic E-state index is -0.0900. The number of hydrogen-bond acceptors (Lipinski definition) is 4. The van der Waals surface area contributed by atoms with E-state index in [1.807, 2.05) is 30.8 Å². The zero-order valence-electron chi connectivity index (χ0n) is 11.8. The van der Waals surface area contributed by atoms with Crippen LogP contribution in [0.25, 0.3) is 0 Å². The van der Waals surface area contributed by atoms with Crippen molar-refractivity contribution in [3.05, 3.63) is 30.2 Å². The summed E-state index contributed by atoms with van der Waals surface area (Å²) >= 11 is 0. The largest absolute Gasteiger partial charge is 0.384 e. The summed E-state index contributed by atoms with van der Waals surface area (Å²) in [6, 6.07) is 3.70. The van der Waals surface area contributed by atoms with Gasteiger partial charge in [0.1, 0.15) is 12.4 Å². The molecule has 0 spiro atoms. The van der Waals surface area contributed by atoms with Gasteiger partial charge in [0.25, 0.3) is 0 Å². The molecule has 20 heavy (non-hydrogen) atoms. The molecule has 2 rings (SSSR count). The number of nitrogens with zero attached hydrogens (tertiary/aromatic N) is 4. The van der Waals surface area contributed by atoms with E-state index in [4.69, 9.17) is 5.73 Å². The summed E-state index contributed by atoms with van der Waals surface area (Å²) in [6.07, 6.45) is 4.47. The van der Waals surface area contributed by atoms with Gasteiger partial charge < -0.3 is 11.1 Å². The van der Waals surface area contributed by atoms with E-state index in [1.165, 1.54) is 4.68 Å². The van der Waals surface area contributed by atoms with E-state index in [9.17, 15) is 4.79 Å². The van der Waals surface area contributed by atoms with Crippen molar-refractivity contribution in [1.29, 1.82) is 0 Å². The van der Waals surface area contributed by atoms with Gasteiger partial charge in [-0.05, 0) is 26.3 Å². The fourth-order valence-electron chi connectivity index (χ4n) is 1.98. The first kappa shape index (κ1) is 14.1. The van der Waals surface area contributed by atoms with Gasteiger partial charge in [-0.3, -0.25) is 9.48 Å². The molecule has 0 radical (unpaired) electrons. The summed E-state index contributed by atoms with van der Waals surface area (Å²) in [7, 11) is 0. The molecule has 0 aromatic carbocycles. The Kier molecular flexibility index (Phi) is 4.39. The topological polar surface area (TPSA) is 90.8 Å². The maximum absolute atomic E-state index is 11.9. The lowest BCUT2D eigenvalue weighted by atomic mass is 10.2. The summed E-state index contributed by atoms with van der Waals surface area (Å²) in [4.78, 5) is 11.9. The molecule has 0 unspecified atom stereocenters. The van der Waals surface area contributed by atoms with Crippen LogP contribution in [-0.2, 0) is 17.9 Å². The van der Waals surface area contributed by atoms with Crippen LogP contribution in [-0.4, -0.2) is 31.5 Å². The van der Waals surface area contributed by atoms with Crippen LogP contribution in [0, 0.1) is 6.92 Å². The van der Waals surface area contributed by atoms with Crippen molar-refractivity contribution in [2.45, 2.75) is 39.4 Å². The predicted molar refractivity (Wildman–Crippen MR) is 75.8 cm³/mol. The predicted octanol–water partition coefficient (Wildman–Crippen LogP) is 0.565. The molecule has 2 heterocycles. The van der Waals surface area contributed by atoms with E-state index >= 15 is 0 Å². The van der Waals surface area contributed by atoms with Gasteiger partial charge in [-0.1, -0.05) is 0 Å². The highest BCUT2D eigenvalue weighted by Gasteiger charge is 2.10. The zero-order chi connectivity index (χ0) is 14.5. The number of nitrogen functional groups attached to an aromatic ring is 1. The molecule has 1 atom stereocenters. The summed E-state index contributed by atoms with van der Waals surface area (Å²) in [5.74, 6) is 0.412. The van der Waals surface area contributed by atoms with Gasteiger partial charge in [-0.15, -0.1) is 0 Å². The maximum Gasteiger partial charge on any atom is 0.242 e. The Labute approximate surface area is 117 Å². The highest BCUT2D eigenvalue weighted by Crippen LogP contribution is 2.04. The summed E-state index contributed by atoms with van der Waals surface area (Å²) < 4.78 is 3.35. The average Bonchev–Trinajstić information content (AvgIpc) is 2.97. The summed E-state index contributed by atoms with van der Waals surface area (Å²) in [5, 5.41) is 11.2. The van der Waals surface area contributed by atoms with Gasteiger partial charge in [0.05, 0.1) is 5.69 Å². The second-order valence-corrected chi connectivity index (χ2v) is 4.89. The third kappa shape index (κ3) is 3.84. The van der Waals surface area contributed by atoms with Crippen molar-refractivity contribution >= 4 is 11.7 Å². The molecular weight excluding hydrogens is 256 g/mol. The highest BCUT2D eigenvalue weighted by atomic mass is 16.2. The van der Waals surface area contributed by atoms with Gasteiger partial charge in [-0.25, -0.2) is 4.68 Å². The van der Waals surface area contributed by atoms with E-state index in [2.05, 4.69) is 15.5 Å². The van der Waals surface area contributed by atoms with Gasteiger partial charge in [0, 0.05) is 31.0 Å². The number of hydrogen-bond donors (Lipinski definition) is 2. The number of anilines is 1. The van der Waals surface area contributed by atoms with E-state index < -0.39 is 0 Å². The second-order valence-electron chi connectivity index (χ2n) is 4.89. The molecule has 2 aromatic rings. The van der Waals surface area contributed by atoms with Crippen LogP contribution in [0.1, 0.15) is 19.0 Å². The molecule has 0 aliphatic heterocycles. The minimum absolute atomic E-state index is 0.0737. The first-order valence-corrected chi connectivity index (χ1v) is 6.61. The Bertz CT molecular complexity index is 559. The van der Waals surface area contributed by atoms with Crippen LogP contribution in [0.3, 0.4) is 0 Å². The van der Waals surface area contributed by atoms with Crippen molar-refractivity contribution in [3.63, 3.8) is 0 Å². The van der Waals surface area contributed by atoms with E-state index in [0.717, 1.165) is 18.7 Å². The Hall–Kier alpha value is -2.31. The molecule has 0 saturated carbocycles. The van der Waals surface area contributed by atoms with E-state index in [1.54, 1.807) is 12.3 Å². The third-order valence-corrected chi connectivity index (χ3v) is 2.98. The molecule has 1 amide bonds. The Morgan fingerprint density at radius 1 is 1.55 bits per heavy atom. The number of rotatable bonds is 6. The van der Waals surface area contributed by atoms with Crippen LogP contribution in [0.4, 0.5) is 5.82 Å². The Balaban J connectivity index is 1.77. The van der Waals surface area contributed by atoms with Crippen LogP contribution in [0.15, 0.2) is 24.5 Å². The van der Waals surface area contributed by atoms with E-state index in [-0.39, 0.29) is 18.5 Å². The molecule has 2 aromatic heterocycles. The fourth-order valence-corrected chi connectivity index (χ4v) is 1.98. The molecule has 0 fully saturated rings. The van der Waals surface area contributed by atoms with Crippen molar-refractivity contribution < 1.29 is 4.79 Å². The number of aryl methyl sites for hydroxylation is 2. The molecule has 0 aliphatic rings. The Morgan fingerprint density at radius 3 is 2.95 bits per heavy atom. The van der Waals surface area contributed by atoms with Gasteiger partial charge in [-0.2, -0.15) is 10.2 Å². The molecule has 7 nitrogen and oxygen atoms in total. The number of carbonyl (C=O) groups excluding carboxylic acids is 1. The number of nitrogens with one attached hydrogen (secondary N) is 1. The van der Waals surface area contributed by atoms with Crippen LogP contribution >= 0.6 is 0 Å².